The Kier molecular flexibility index (Phi) is 11.9. The molecule has 19 heavy (non-hydrogen) atoms. The lowest BCUT2D eigenvalue weighted by Gasteiger charge is -2.28. The Morgan fingerprint density at radius 3 is 1.79 bits per heavy atom. The van der Waals surface area contributed by atoms with Crippen molar-refractivity contribution in [3.05, 3.63) is 0 Å². The minimum atomic E-state index is -2.47. The molecule has 0 aliphatic carbocycles. The van der Waals surface area contributed by atoms with Crippen molar-refractivity contribution in [1.29, 1.82) is 0 Å². The van der Waals surface area contributed by atoms with Crippen LogP contribution >= 0.6 is 0 Å². The Morgan fingerprint density at radius 1 is 0.842 bits per heavy atom. The summed E-state index contributed by atoms with van der Waals surface area (Å²) in [5.74, 6) is 0. The normalized spacial score (nSPS) is 13.7. The highest BCUT2D eigenvalue weighted by atomic mass is 28.4. The van der Waals surface area contributed by atoms with Gasteiger partial charge in [-0.05, 0) is 40.0 Å². The van der Waals surface area contributed by atoms with E-state index in [4.69, 9.17) is 13.3 Å². The maximum Gasteiger partial charge on any atom is 0.500 e. The summed E-state index contributed by atoms with van der Waals surface area (Å²) in [5, 5.41) is 9.71. The highest BCUT2D eigenvalue weighted by molar-refractivity contribution is 6.60. The molecule has 0 bridgehead atoms. The van der Waals surface area contributed by atoms with Gasteiger partial charge in [0.15, 0.2) is 0 Å². The van der Waals surface area contributed by atoms with E-state index in [9.17, 15) is 5.11 Å². The second kappa shape index (κ2) is 11.8. The van der Waals surface area contributed by atoms with Crippen molar-refractivity contribution in [2.45, 2.75) is 71.9 Å². The molecule has 0 aliphatic heterocycles. The lowest BCUT2D eigenvalue weighted by atomic mass is 10.1. The third kappa shape index (κ3) is 8.76. The molecule has 116 valence electrons. The summed E-state index contributed by atoms with van der Waals surface area (Å²) in [7, 11) is -2.47. The minimum Gasteiger partial charge on any atom is -0.393 e. The van der Waals surface area contributed by atoms with Crippen molar-refractivity contribution in [3.63, 3.8) is 0 Å². The molecule has 1 unspecified atom stereocenters. The van der Waals surface area contributed by atoms with E-state index in [-0.39, 0.29) is 6.10 Å². The van der Waals surface area contributed by atoms with Crippen molar-refractivity contribution in [2.75, 3.05) is 19.8 Å². The predicted octanol–water partition coefficient (Wildman–Crippen LogP) is 3.37. The van der Waals surface area contributed by atoms with Gasteiger partial charge in [-0.25, -0.2) is 0 Å². The fraction of sp³-hybridized carbons (Fsp3) is 1.00. The first kappa shape index (κ1) is 19.1. The number of aliphatic hydroxyl groups excluding tert-OH is 1. The Morgan fingerprint density at radius 2 is 1.37 bits per heavy atom. The van der Waals surface area contributed by atoms with E-state index in [1.165, 1.54) is 0 Å². The van der Waals surface area contributed by atoms with E-state index in [2.05, 4.69) is 6.92 Å². The van der Waals surface area contributed by atoms with Crippen LogP contribution in [0.4, 0.5) is 0 Å². The van der Waals surface area contributed by atoms with Crippen molar-refractivity contribution in [1.82, 2.24) is 0 Å². The summed E-state index contributed by atoms with van der Waals surface area (Å²) in [6.45, 7) is 9.92. The largest absolute Gasteiger partial charge is 0.500 e. The van der Waals surface area contributed by atoms with Crippen molar-refractivity contribution < 1.29 is 18.4 Å². The molecule has 0 saturated carbocycles. The van der Waals surface area contributed by atoms with Crippen molar-refractivity contribution >= 4 is 8.80 Å². The van der Waals surface area contributed by atoms with E-state index in [0.717, 1.165) is 38.1 Å². The standard InChI is InChI=1S/C14H32O4Si/c1-5-11-14(15)12-9-10-13-19(16-6-2,17-7-3)18-8-4/h14-15H,5-13H2,1-4H3. The quantitative estimate of drug-likeness (QED) is 0.418. The van der Waals surface area contributed by atoms with Crippen LogP contribution in [0.3, 0.4) is 0 Å². The lowest BCUT2D eigenvalue weighted by Crippen LogP contribution is -2.45. The average molecular weight is 292 g/mol. The van der Waals surface area contributed by atoms with E-state index in [1.807, 2.05) is 20.8 Å². The van der Waals surface area contributed by atoms with Gasteiger partial charge in [0, 0.05) is 25.9 Å². The molecular weight excluding hydrogens is 260 g/mol. The number of rotatable bonds is 13. The molecule has 0 fully saturated rings. The Labute approximate surface area is 119 Å². The van der Waals surface area contributed by atoms with E-state index < -0.39 is 8.80 Å². The third-order valence-corrected chi connectivity index (χ3v) is 6.14. The van der Waals surface area contributed by atoms with Gasteiger partial charge >= 0.3 is 8.80 Å². The molecule has 0 spiro atoms. The van der Waals surface area contributed by atoms with Crippen LogP contribution in [0.1, 0.15) is 59.8 Å². The molecule has 0 aromatic rings. The van der Waals surface area contributed by atoms with Crippen molar-refractivity contribution in [3.8, 4) is 0 Å². The maximum absolute atomic E-state index is 9.71. The molecule has 0 radical (unpaired) electrons. The topological polar surface area (TPSA) is 47.9 Å². The van der Waals surface area contributed by atoms with E-state index >= 15 is 0 Å². The van der Waals surface area contributed by atoms with Crippen LogP contribution in [0, 0.1) is 0 Å². The van der Waals surface area contributed by atoms with Gasteiger partial charge in [-0.3, -0.25) is 0 Å². The SMILES string of the molecule is CCCC(O)CCCC[Si](OCC)(OCC)OCC. The van der Waals surface area contributed by atoms with Crippen LogP contribution < -0.4 is 0 Å². The third-order valence-electron chi connectivity index (χ3n) is 2.98. The van der Waals surface area contributed by atoms with Gasteiger partial charge in [0.05, 0.1) is 6.10 Å². The molecule has 0 aromatic carbocycles. The van der Waals surface area contributed by atoms with Gasteiger partial charge in [-0.2, -0.15) is 0 Å². The molecular formula is C14H32O4Si. The van der Waals surface area contributed by atoms with E-state index in [0.29, 0.717) is 19.8 Å². The maximum atomic E-state index is 9.71. The van der Waals surface area contributed by atoms with Crippen LogP contribution in [0.15, 0.2) is 0 Å². The van der Waals surface area contributed by atoms with Gasteiger partial charge in [0.25, 0.3) is 0 Å². The second-order valence-electron chi connectivity index (χ2n) is 4.67. The zero-order chi connectivity index (χ0) is 14.6. The van der Waals surface area contributed by atoms with Crippen LogP contribution in [-0.2, 0) is 13.3 Å². The van der Waals surface area contributed by atoms with Crippen LogP contribution in [0.5, 0.6) is 0 Å². The van der Waals surface area contributed by atoms with Gasteiger partial charge in [-0.15, -0.1) is 0 Å². The highest BCUT2D eigenvalue weighted by Crippen LogP contribution is 2.20. The first-order valence-corrected chi connectivity index (χ1v) is 9.67. The number of aliphatic hydroxyl groups is 1. The molecule has 0 saturated heterocycles. The van der Waals surface area contributed by atoms with Crippen LogP contribution in [-0.4, -0.2) is 39.8 Å². The molecule has 0 amide bonds. The van der Waals surface area contributed by atoms with Gasteiger partial charge < -0.3 is 18.4 Å². The van der Waals surface area contributed by atoms with Gasteiger partial charge in [0.2, 0.25) is 0 Å². The molecule has 0 aliphatic rings. The number of hydrogen-bond acceptors (Lipinski definition) is 4. The van der Waals surface area contributed by atoms with Crippen molar-refractivity contribution in [2.24, 2.45) is 0 Å². The zero-order valence-electron chi connectivity index (χ0n) is 13.1. The fourth-order valence-corrected chi connectivity index (χ4v) is 4.89. The minimum absolute atomic E-state index is 0.160. The smallest absolute Gasteiger partial charge is 0.393 e. The molecule has 0 aromatic heterocycles. The molecule has 4 nitrogen and oxygen atoms in total. The van der Waals surface area contributed by atoms with Crippen LogP contribution in [0.2, 0.25) is 6.04 Å². The first-order chi connectivity index (χ1) is 9.14. The molecule has 0 rings (SSSR count). The Bertz CT molecular complexity index is 185. The average Bonchev–Trinajstić information content (AvgIpc) is 2.36. The summed E-state index contributed by atoms with van der Waals surface area (Å²) in [4.78, 5) is 0. The monoisotopic (exact) mass is 292 g/mol. The Balaban J connectivity index is 4.09. The van der Waals surface area contributed by atoms with E-state index in [1.54, 1.807) is 0 Å². The summed E-state index contributed by atoms with van der Waals surface area (Å²) < 4.78 is 17.4. The first-order valence-electron chi connectivity index (χ1n) is 7.74. The summed E-state index contributed by atoms with van der Waals surface area (Å²) in [5.41, 5.74) is 0. The van der Waals surface area contributed by atoms with Gasteiger partial charge in [-0.1, -0.05) is 19.8 Å². The molecule has 5 heteroatoms. The highest BCUT2D eigenvalue weighted by Gasteiger charge is 2.39. The predicted molar refractivity (Wildman–Crippen MR) is 80.2 cm³/mol. The Hall–Kier alpha value is 0.0569. The molecule has 0 heterocycles. The zero-order valence-corrected chi connectivity index (χ0v) is 14.1. The summed E-state index contributed by atoms with van der Waals surface area (Å²) in [6.07, 6.45) is 4.63. The second-order valence-corrected chi connectivity index (χ2v) is 7.40. The number of unbranched alkanes of at least 4 members (excludes halogenated alkanes) is 1. The molecule has 1 atom stereocenters. The van der Waals surface area contributed by atoms with Crippen LogP contribution in [0.25, 0.3) is 0 Å². The summed E-state index contributed by atoms with van der Waals surface area (Å²) in [6, 6.07) is 0.849. The lowest BCUT2D eigenvalue weighted by molar-refractivity contribution is 0.0700. The number of hydrogen-bond donors (Lipinski definition) is 1. The van der Waals surface area contributed by atoms with Gasteiger partial charge in [0.1, 0.15) is 0 Å². The molecule has 1 N–H and O–H groups in total. The summed E-state index contributed by atoms with van der Waals surface area (Å²) >= 11 is 0. The fourth-order valence-electron chi connectivity index (χ4n) is 2.20.